The molecule has 118 valence electrons. The van der Waals surface area contributed by atoms with Gasteiger partial charge in [-0.1, -0.05) is 6.07 Å². The fourth-order valence-corrected chi connectivity index (χ4v) is 3.53. The molecule has 2 aromatic rings. The molecule has 2 N–H and O–H groups in total. The highest BCUT2D eigenvalue weighted by molar-refractivity contribution is 7.71. The number of carbonyl (C=O) groups is 1. The van der Waals surface area contributed by atoms with Crippen molar-refractivity contribution in [3.63, 3.8) is 0 Å². The lowest BCUT2D eigenvalue weighted by molar-refractivity contribution is -0.124. The summed E-state index contributed by atoms with van der Waals surface area (Å²) in [5.41, 5.74) is 0. The summed E-state index contributed by atoms with van der Waals surface area (Å²) < 4.78 is 7.72. The van der Waals surface area contributed by atoms with Gasteiger partial charge in [0, 0.05) is 13.2 Å². The van der Waals surface area contributed by atoms with Crippen LogP contribution >= 0.6 is 23.6 Å². The second-order valence-electron chi connectivity index (χ2n) is 5.26. The fraction of sp³-hybridized carbons (Fsp3) is 0.500. The molecule has 0 radical (unpaired) electrons. The number of hydrogen-bond acceptors (Lipinski definition) is 5. The minimum Gasteiger partial charge on any atom is -0.376 e. The van der Waals surface area contributed by atoms with Crippen molar-refractivity contribution in [3.8, 4) is 10.7 Å². The molecule has 3 heterocycles. The number of carbonyl (C=O) groups excluding carboxylic acids is 1. The Morgan fingerprint density at radius 3 is 3.27 bits per heavy atom. The van der Waals surface area contributed by atoms with Crippen LogP contribution in [0, 0.1) is 4.77 Å². The van der Waals surface area contributed by atoms with Crippen LogP contribution in [0.3, 0.4) is 0 Å². The number of nitrogens with one attached hydrogen (secondary N) is 2. The van der Waals surface area contributed by atoms with Gasteiger partial charge < -0.3 is 10.1 Å². The standard InChI is InChI=1S/C14H18N4O2S2/c1-9(13(19)15-8-10-4-2-6-20-10)18-12(16-17-14(18)21)11-5-3-7-22-11/h3,5,7,9-10H,2,4,6,8H2,1H3,(H,15,19)(H,17,21)/t9-,10-/m1/s1. The number of amides is 1. The van der Waals surface area contributed by atoms with Crippen LogP contribution in [0.4, 0.5) is 0 Å². The van der Waals surface area contributed by atoms with E-state index in [1.54, 1.807) is 15.9 Å². The molecule has 1 aliphatic heterocycles. The van der Waals surface area contributed by atoms with Gasteiger partial charge in [-0.15, -0.1) is 11.3 Å². The lowest BCUT2D eigenvalue weighted by Crippen LogP contribution is -2.36. The first-order chi connectivity index (χ1) is 10.7. The Balaban J connectivity index is 1.74. The number of nitrogens with zero attached hydrogens (tertiary/aromatic N) is 2. The number of hydrogen-bond donors (Lipinski definition) is 2. The summed E-state index contributed by atoms with van der Waals surface area (Å²) in [6.45, 7) is 3.15. The van der Waals surface area contributed by atoms with Crippen LogP contribution in [0.15, 0.2) is 17.5 Å². The molecule has 0 aliphatic carbocycles. The lowest BCUT2D eigenvalue weighted by atomic mass is 10.2. The summed E-state index contributed by atoms with van der Waals surface area (Å²) in [5, 5.41) is 11.9. The maximum Gasteiger partial charge on any atom is 0.243 e. The summed E-state index contributed by atoms with van der Waals surface area (Å²) in [6, 6.07) is 3.48. The minimum absolute atomic E-state index is 0.0780. The first-order valence-corrected chi connectivity index (χ1v) is 8.55. The van der Waals surface area contributed by atoms with Gasteiger partial charge in [-0.3, -0.25) is 14.5 Å². The topological polar surface area (TPSA) is 71.9 Å². The highest BCUT2D eigenvalue weighted by Crippen LogP contribution is 2.25. The van der Waals surface area contributed by atoms with Gasteiger partial charge in [-0.05, 0) is 43.4 Å². The highest BCUT2D eigenvalue weighted by atomic mass is 32.1. The van der Waals surface area contributed by atoms with Crippen molar-refractivity contribution in [1.82, 2.24) is 20.1 Å². The second kappa shape index (κ2) is 6.72. The SMILES string of the molecule is C[C@H](C(=O)NC[C@H]1CCCO1)n1c(-c2cccs2)n[nH]c1=S. The van der Waals surface area contributed by atoms with Crippen molar-refractivity contribution in [3.05, 3.63) is 22.3 Å². The van der Waals surface area contributed by atoms with E-state index in [1.165, 1.54) is 0 Å². The zero-order chi connectivity index (χ0) is 15.5. The third kappa shape index (κ3) is 3.13. The van der Waals surface area contributed by atoms with E-state index in [2.05, 4.69) is 15.5 Å². The minimum atomic E-state index is -0.426. The molecule has 1 amide bonds. The Morgan fingerprint density at radius 2 is 2.59 bits per heavy atom. The molecule has 6 nitrogen and oxygen atoms in total. The second-order valence-corrected chi connectivity index (χ2v) is 6.59. The van der Waals surface area contributed by atoms with E-state index < -0.39 is 6.04 Å². The fourth-order valence-electron chi connectivity index (χ4n) is 2.53. The number of aromatic amines is 1. The monoisotopic (exact) mass is 338 g/mol. The Morgan fingerprint density at radius 1 is 1.73 bits per heavy atom. The summed E-state index contributed by atoms with van der Waals surface area (Å²) in [5.74, 6) is 0.616. The van der Waals surface area contributed by atoms with Crippen LogP contribution in [-0.4, -0.2) is 39.9 Å². The van der Waals surface area contributed by atoms with Gasteiger partial charge in [0.2, 0.25) is 5.91 Å². The number of H-pyrrole nitrogens is 1. The van der Waals surface area contributed by atoms with Crippen molar-refractivity contribution in [2.45, 2.75) is 31.9 Å². The zero-order valence-corrected chi connectivity index (χ0v) is 13.9. The zero-order valence-electron chi connectivity index (χ0n) is 12.2. The summed E-state index contributed by atoms with van der Waals surface area (Å²) >= 11 is 6.84. The van der Waals surface area contributed by atoms with Crippen LogP contribution in [0.5, 0.6) is 0 Å². The predicted molar refractivity (Wildman–Crippen MR) is 87.4 cm³/mol. The first kappa shape index (κ1) is 15.4. The van der Waals surface area contributed by atoms with Crippen LogP contribution in [0.2, 0.25) is 0 Å². The largest absolute Gasteiger partial charge is 0.376 e. The quantitative estimate of drug-likeness (QED) is 0.822. The molecule has 3 rings (SSSR count). The normalized spacial score (nSPS) is 19.2. The van der Waals surface area contributed by atoms with Crippen molar-refractivity contribution in [2.24, 2.45) is 0 Å². The van der Waals surface area contributed by atoms with E-state index in [0.717, 1.165) is 24.3 Å². The van der Waals surface area contributed by atoms with Crippen LogP contribution in [0.1, 0.15) is 25.8 Å². The predicted octanol–water partition coefficient (Wildman–Crippen LogP) is 2.53. The van der Waals surface area contributed by atoms with Crippen molar-refractivity contribution in [2.75, 3.05) is 13.2 Å². The summed E-state index contributed by atoms with van der Waals surface area (Å²) in [4.78, 5) is 13.4. The molecule has 22 heavy (non-hydrogen) atoms. The van der Waals surface area contributed by atoms with E-state index in [9.17, 15) is 4.79 Å². The molecular formula is C14H18N4O2S2. The third-order valence-corrected chi connectivity index (χ3v) is 4.89. The van der Waals surface area contributed by atoms with Crippen molar-refractivity contribution < 1.29 is 9.53 Å². The van der Waals surface area contributed by atoms with E-state index in [1.807, 2.05) is 24.4 Å². The Hall–Kier alpha value is -1.51. The number of thiophene rings is 1. The van der Waals surface area contributed by atoms with Gasteiger partial charge in [0.1, 0.15) is 6.04 Å². The number of ether oxygens (including phenoxy) is 1. The summed E-state index contributed by atoms with van der Waals surface area (Å²) in [7, 11) is 0. The number of aromatic nitrogens is 3. The number of rotatable bonds is 5. The van der Waals surface area contributed by atoms with Crippen molar-refractivity contribution >= 4 is 29.5 Å². The van der Waals surface area contributed by atoms with Crippen molar-refractivity contribution in [1.29, 1.82) is 0 Å². The van der Waals surface area contributed by atoms with Gasteiger partial charge in [0.25, 0.3) is 0 Å². The van der Waals surface area contributed by atoms with Gasteiger partial charge >= 0.3 is 0 Å². The maximum atomic E-state index is 12.4. The van der Waals surface area contributed by atoms with Gasteiger partial charge in [-0.2, -0.15) is 5.10 Å². The molecule has 2 aromatic heterocycles. The molecule has 1 saturated heterocycles. The average molecular weight is 338 g/mol. The van der Waals surface area contributed by atoms with Crippen LogP contribution in [0.25, 0.3) is 10.7 Å². The Bertz CT molecular complexity index is 686. The Kier molecular flexibility index (Phi) is 4.70. The molecule has 0 bridgehead atoms. The molecule has 0 aromatic carbocycles. The molecule has 1 fully saturated rings. The molecule has 0 saturated carbocycles. The average Bonchev–Trinajstić information content (AvgIpc) is 3.25. The lowest BCUT2D eigenvalue weighted by Gasteiger charge is -2.17. The van der Waals surface area contributed by atoms with E-state index in [4.69, 9.17) is 17.0 Å². The van der Waals surface area contributed by atoms with E-state index in [0.29, 0.717) is 17.1 Å². The molecule has 8 heteroatoms. The third-order valence-electron chi connectivity index (χ3n) is 3.74. The van der Waals surface area contributed by atoms with Gasteiger partial charge in [-0.25, -0.2) is 0 Å². The van der Waals surface area contributed by atoms with Crippen LogP contribution in [-0.2, 0) is 9.53 Å². The molecule has 1 aliphatic rings. The molecule has 0 spiro atoms. The smallest absolute Gasteiger partial charge is 0.243 e. The van der Waals surface area contributed by atoms with E-state index in [-0.39, 0.29) is 12.0 Å². The molecule has 2 atom stereocenters. The van der Waals surface area contributed by atoms with E-state index >= 15 is 0 Å². The van der Waals surface area contributed by atoms with Crippen LogP contribution < -0.4 is 5.32 Å². The van der Waals surface area contributed by atoms with Gasteiger partial charge in [0.15, 0.2) is 10.6 Å². The van der Waals surface area contributed by atoms with Gasteiger partial charge in [0.05, 0.1) is 11.0 Å². The maximum absolute atomic E-state index is 12.4. The highest BCUT2D eigenvalue weighted by Gasteiger charge is 2.23. The first-order valence-electron chi connectivity index (χ1n) is 7.27. The molecule has 0 unspecified atom stereocenters. The Labute approximate surface area is 137 Å². The molecular weight excluding hydrogens is 320 g/mol. The summed E-state index contributed by atoms with van der Waals surface area (Å²) in [6.07, 6.45) is 2.19.